The zero-order valence-corrected chi connectivity index (χ0v) is 20.4. The van der Waals surface area contributed by atoms with Gasteiger partial charge in [0.1, 0.15) is 11.6 Å². The fourth-order valence-corrected chi connectivity index (χ4v) is 7.15. The van der Waals surface area contributed by atoms with Gasteiger partial charge in [0.05, 0.1) is 34.6 Å². The number of aromatic amines is 2. The number of ketones is 2. The van der Waals surface area contributed by atoms with Crippen LogP contribution in [0.15, 0.2) is 72.8 Å². The van der Waals surface area contributed by atoms with Gasteiger partial charge in [-0.3, -0.25) is 9.59 Å². The monoisotopic (exact) mass is 494 g/mol. The van der Waals surface area contributed by atoms with Crippen molar-refractivity contribution in [2.45, 2.75) is 12.8 Å². The summed E-state index contributed by atoms with van der Waals surface area (Å²) in [6.07, 6.45) is 9.51. The molecule has 0 aromatic carbocycles. The number of allylic oxidation sites excluding steroid dienone is 8. The molecule has 3 aromatic rings. The van der Waals surface area contributed by atoms with E-state index in [2.05, 4.69) is 46.4 Å². The van der Waals surface area contributed by atoms with Crippen LogP contribution in [-0.4, -0.2) is 31.5 Å². The summed E-state index contributed by atoms with van der Waals surface area (Å²) in [6.45, 7) is 0. The lowest BCUT2D eigenvalue weighted by Crippen LogP contribution is -2.27. The maximum Gasteiger partial charge on any atom is 0.145 e. The lowest BCUT2D eigenvalue weighted by molar-refractivity contribution is -0.121. The molecule has 12 bridgehead atoms. The molecule has 0 radical (unpaired) electrons. The van der Waals surface area contributed by atoms with Gasteiger partial charge in [0.2, 0.25) is 0 Å². The lowest BCUT2D eigenvalue weighted by atomic mass is 9.70. The van der Waals surface area contributed by atoms with Gasteiger partial charge in [0.15, 0.2) is 0 Å². The van der Waals surface area contributed by atoms with Crippen LogP contribution in [0.3, 0.4) is 0 Å². The van der Waals surface area contributed by atoms with Gasteiger partial charge in [0.25, 0.3) is 0 Å². The fourth-order valence-electron chi connectivity index (χ4n) is 7.15. The number of carbonyl (C=O) groups is 2. The molecule has 4 atom stereocenters. The Bertz CT molecular complexity index is 1800. The van der Waals surface area contributed by atoms with Gasteiger partial charge < -0.3 is 9.97 Å². The average Bonchev–Trinajstić information content (AvgIpc) is 3.69. The third-order valence-corrected chi connectivity index (χ3v) is 8.77. The molecule has 3 aromatic heterocycles. The lowest BCUT2D eigenvalue weighted by Gasteiger charge is -2.31. The van der Waals surface area contributed by atoms with E-state index in [1.807, 2.05) is 36.4 Å². The van der Waals surface area contributed by atoms with Crippen LogP contribution < -0.4 is 0 Å². The van der Waals surface area contributed by atoms with E-state index in [0.29, 0.717) is 12.8 Å². The summed E-state index contributed by atoms with van der Waals surface area (Å²) in [5, 5.41) is 0. The molecule has 0 spiro atoms. The van der Waals surface area contributed by atoms with Crippen molar-refractivity contribution in [1.29, 1.82) is 0 Å². The molecular weight excluding hydrogens is 472 g/mol. The highest BCUT2D eigenvalue weighted by atomic mass is 16.1. The quantitative estimate of drug-likeness (QED) is 0.393. The number of nitrogens with zero attached hydrogens (tertiary/aromatic N) is 2. The van der Waals surface area contributed by atoms with E-state index in [1.54, 1.807) is 0 Å². The first-order chi connectivity index (χ1) is 18.6. The van der Waals surface area contributed by atoms with Crippen molar-refractivity contribution in [3.8, 4) is 0 Å². The molecule has 0 amide bonds. The van der Waals surface area contributed by atoms with Gasteiger partial charge in [-0.2, -0.15) is 0 Å². The van der Waals surface area contributed by atoms with Crippen molar-refractivity contribution in [1.82, 2.24) is 19.9 Å². The molecule has 0 saturated carbocycles. The van der Waals surface area contributed by atoms with E-state index in [1.165, 1.54) is 11.1 Å². The van der Waals surface area contributed by atoms with Crippen LogP contribution in [0, 0.1) is 23.7 Å². The number of rotatable bonds is 0. The molecule has 2 N–H and O–H groups in total. The highest BCUT2D eigenvalue weighted by Gasteiger charge is 2.42. The predicted molar refractivity (Wildman–Crippen MR) is 146 cm³/mol. The third kappa shape index (κ3) is 2.72. The molecule has 6 heteroatoms. The SMILES string of the molecule is O=C1CC2C=CC1C1=C2c2cc3ccc(cc4nc(cc5ccc(cc1n2)[nH]5)C1=C4C2C=CC1CC2=O)[nH]3. The number of nitrogens with one attached hydrogen (secondary N) is 2. The molecule has 8 aliphatic rings. The molecule has 38 heavy (non-hydrogen) atoms. The second-order valence-electron chi connectivity index (χ2n) is 11.0. The van der Waals surface area contributed by atoms with Gasteiger partial charge in [-0.05, 0) is 70.8 Å². The number of hydrogen-bond donors (Lipinski definition) is 2. The predicted octanol–water partition coefficient (Wildman–Crippen LogP) is 5.69. The van der Waals surface area contributed by atoms with Crippen LogP contribution in [0.2, 0.25) is 0 Å². The number of H-pyrrole nitrogens is 2. The van der Waals surface area contributed by atoms with Crippen LogP contribution in [-0.2, 0) is 9.59 Å². The van der Waals surface area contributed by atoms with E-state index < -0.39 is 0 Å². The topological polar surface area (TPSA) is 91.5 Å². The van der Waals surface area contributed by atoms with Gasteiger partial charge in [0, 0.05) is 46.7 Å². The number of Topliss-reactive ketones (excluding diaryl/α,β-unsaturated/α-hetero) is 2. The Morgan fingerprint density at radius 3 is 1.26 bits per heavy atom. The first kappa shape index (κ1) is 20.5. The Balaban J connectivity index is 1.34. The normalized spacial score (nSPS) is 26.4. The van der Waals surface area contributed by atoms with E-state index in [0.717, 1.165) is 56.0 Å². The van der Waals surface area contributed by atoms with Crippen molar-refractivity contribution < 1.29 is 9.59 Å². The summed E-state index contributed by atoms with van der Waals surface area (Å²) in [5.41, 5.74) is 11.7. The van der Waals surface area contributed by atoms with Gasteiger partial charge >= 0.3 is 0 Å². The number of aromatic nitrogens is 4. The Kier molecular flexibility index (Phi) is 3.79. The van der Waals surface area contributed by atoms with Crippen LogP contribution >= 0.6 is 0 Å². The fraction of sp³-hybridized carbons (Fsp3) is 0.188. The van der Waals surface area contributed by atoms with Crippen LogP contribution in [0.25, 0.3) is 44.4 Å². The highest BCUT2D eigenvalue weighted by molar-refractivity contribution is 6.12. The van der Waals surface area contributed by atoms with Crippen molar-refractivity contribution >= 4 is 55.9 Å². The van der Waals surface area contributed by atoms with Gasteiger partial charge in [-0.1, -0.05) is 24.3 Å². The zero-order valence-electron chi connectivity index (χ0n) is 20.4. The maximum atomic E-state index is 12.8. The average molecular weight is 495 g/mol. The highest BCUT2D eigenvalue weighted by Crippen LogP contribution is 2.51. The molecule has 0 fully saturated rings. The van der Waals surface area contributed by atoms with Gasteiger partial charge in [-0.25, -0.2) is 9.97 Å². The van der Waals surface area contributed by atoms with Crippen LogP contribution in [0.1, 0.15) is 35.6 Å². The zero-order chi connectivity index (χ0) is 25.1. The third-order valence-electron chi connectivity index (χ3n) is 8.77. The summed E-state index contributed by atoms with van der Waals surface area (Å²) < 4.78 is 0. The largest absolute Gasteiger partial charge is 0.355 e. The Morgan fingerprint density at radius 2 is 0.895 bits per heavy atom. The standard InChI is InChI=1S/C32H22N4O2/c37-27-9-15-1-7-21(27)31-25-13-19-6-4-18(34-19)12-24-30-16-2-8-22(28(38)10-16)32(30)26(36-24)14-20-5-3-17(33-20)11-23(35-25)29(15)31/h1-8,11-16,21-22,33-34H,9-10H2. The molecule has 182 valence electrons. The minimum atomic E-state index is -0.226. The molecule has 2 aliphatic heterocycles. The molecular formula is C32H22N4O2. The van der Waals surface area contributed by atoms with Crippen LogP contribution in [0.5, 0.6) is 0 Å². The van der Waals surface area contributed by atoms with Crippen LogP contribution in [0.4, 0.5) is 0 Å². The summed E-state index contributed by atoms with van der Waals surface area (Å²) >= 11 is 0. The molecule has 5 heterocycles. The minimum absolute atomic E-state index is 0.0678. The molecule has 0 saturated heterocycles. The Labute approximate surface area is 217 Å². The first-order valence-corrected chi connectivity index (χ1v) is 13.2. The smallest absolute Gasteiger partial charge is 0.145 e. The van der Waals surface area contributed by atoms with E-state index in [4.69, 9.17) is 9.97 Å². The molecule has 6 aliphatic carbocycles. The summed E-state index contributed by atoms with van der Waals surface area (Å²) in [6, 6.07) is 16.5. The Morgan fingerprint density at radius 1 is 0.526 bits per heavy atom. The summed E-state index contributed by atoms with van der Waals surface area (Å²) in [7, 11) is 0. The van der Waals surface area contributed by atoms with Crippen molar-refractivity contribution in [3.05, 3.63) is 95.6 Å². The van der Waals surface area contributed by atoms with E-state index in [-0.39, 0.29) is 35.2 Å². The summed E-state index contributed by atoms with van der Waals surface area (Å²) in [4.78, 5) is 42.8. The molecule has 6 nitrogen and oxygen atoms in total. The summed E-state index contributed by atoms with van der Waals surface area (Å²) in [5.74, 6) is 0.223. The Hall–Kier alpha value is -4.58. The van der Waals surface area contributed by atoms with Gasteiger partial charge in [-0.15, -0.1) is 0 Å². The van der Waals surface area contributed by atoms with Crippen molar-refractivity contribution in [2.24, 2.45) is 23.7 Å². The minimum Gasteiger partial charge on any atom is -0.355 e. The van der Waals surface area contributed by atoms with Crippen molar-refractivity contribution in [3.63, 3.8) is 0 Å². The van der Waals surface area contributed by atoms with E-state index in [9.17, 15) is 9.59 Å². The number of carbonyl (C=O) groups excluding carboxylic acids is 2. The number of fused-ring (bicyclic) bond motifs is 10. The molecule has 4 unspecified atom stereocenters. The van der Waals surface area contributed by atoms with E-state index >= 15 is 0 Å². The number of hydrogen-bond acceptors (Lipinski definition) is 4. The first-order valence-electron chi connectivity index (χ1n) is 13.2. The second kappa shape index (κ2) is 7.04. The maximum absolute atomic E-state index is 12.8. The molecule has 11 rings (SSSR count). The van der Waals surface area contributed by atoms with Crippen molar-refractivity contribution in [2.75, 3.05) is 0 Å². The second-order valence-corrected chi connectivity index (χ2v) is 11.0.